The van der Waals surface area contributed by atoms with Crippen molar-refractivity contribution in [3.8, 4) is 0 Å². The van der Waals surface area contributed by atoms with E-state index in [1.165, 1.54) is 0 Å². The van der Waals surface area contributed by atoms with Gasteiger partial charge in [0, 0.05) is 0 Å². The molecule has 0 aromatic carbocycles. The van der Waals surface area contributed by atoms with Gasteiger partial charge in [0.1, 0.15) is 0 Å². The van der Waals surface area contributed by atoms with Gasteiger partial charge >= 0.3 is 0 Å². The van der Waals surface area contributed by atoms with E-state index in [1.54, 1.807) is 0 Å². The first-order valence-corrected chi connectivity index (χ1v) is 4.02. The van der Waals surface area contributed by atoms with Crippen LogP contribution in [0.25, 0.3) is 0 Å². The molecule has 5 rings (SSSR count). The second-order valence-electron chi connectivity index (χ2n) is 4.06. The number of alkyl halides is 1. The molecule has 5 aliphatic rings. The maximum atomic E-state index is 9.50. The topological polar surface area (TPSA) is 20.2 Å². The lowest BCUT2D eigenvalue weighted by Crippen LogP contribution is -2.19. The van der Waals surface area contributed by atoms with E-state index in [1.807, 2.05) is 0 Å². The zero-order chi connectivity index (χ0) is 5.96. The van der Waals surface area contributed by atoms with E-state index in [0.29, 0.717) is 5.92 Å². The van der Waals surface area contributed by atoms with Crippen LogP contribution in [-0.4, -0.2) is 16.1 Å². The predicted octanol–water partition coefficient (Wildman–Crippen LogP) is 0.460. The molecule has 5 aliphatic carbocycles. The smallest absolute Gasteiger partial charge is 0.0776 e. The van der Waals surface area contributed by atoms with Gasteiger partial charge in [0.15, 0.2) is 0 Å². The predicted molar refractivity (Wildman–Crippen MR) is 32.0 cm³/mol. The first-order chi connectivity index (χ1) is 4.28. The minimum Gasteiger partial charge on any atom is -0.391 e. The molecule has 0 aliphatic heterocycles. The summed E-state index contributed by atoms with van der Waals surface area (Å²) in [4.78, 5) is -0.0833. The number of hydrogen-bond acceptors (Lipinski definition) is 1. The van der Waals surface area contributed by atoms with Crippen LogP contribution in [0.4, 0.5) is 0 Å². The first kappa shape index (κ1) is 4.20. The Morgan fingerprint density at radius 3 is 1.78 bits per heavy atom. The monoisotopic (exact) mass is 142 g/mol. The highest BCUT2D eigenvalue weighted by Crippen LogP contribution is 2.95. The average molecular weight is 143 g/mol. The molecule has 5 fully saturated rings. The van der Waals surface area contributed by atoms with Crippen molar-refractivity contribution >= 4 is 11.6 Å². The van der Waals surface area contributed by atoms with Crippen molar-refractivity contribution in [1.82, 2.24) is 0 Å². The van der Waals surface area contributed by atoms with E-state index in [2.05, 4.69) is 0 Å². The summed E-state index contributed by atoms with van der Waals surface area (Å²) in [5, 5.41) is 9.50. The normalized spacial score (nSPS) is 94.0. The van der Waals surface area contributed by atoms with Gasteiger partial charge in [0.05, 0.1) is 11.0 Å². The Bertz CT molecular complexity index is 207. The van der Waals surface area contributed by atoms with E-state index >= 15 is 0 Å². The van der Waals surface area contributed by atoms with Gasteiger partial charge in [-0.05, 0) is 29.6 Å². The third kappa shape index (κ3) is 0.181. The van der Waals surface area contributed by atoms with Crippen LogP contribution in [0.2, 0.25) is 0 Å². The summed E-state index contributed by atoms with van der Waals surface area (Å²) in [6.07, 6.45) is -0.121. The van der Waals surface area contributed by atoms with Crippen LogP contribution in [0.3, 0.4) is 0 Å². The fourth-order valence-corrected chi connectivity index (χ4v) is 4.45. The Morgan fingerprint density at radius 1 is 1.11 bits per heavy atom. The summed E-state index contributed by atoms with van der Waals surface area (Å²) >= 11 is 6.16. The highest BCUT2D eigenvalue weighted by Gasteiger charge is 2.99. The van der Waals surface area contributed by atoms with Gasteiger partial charge in [-0.1, -0.05) is 0 Å². The third-order valence-electron chi connectivity index (χ3n) is 4.14. The van der Waals surface area contributed by atoms with Gasteiger partial charge in [-0.3, -0.25) is 0 Å². The van der Waals surface area contributed by atoms with Crippen molar-refractivity contribution in [2.45, 2.75) is 11.0 Å². The Hall–Kier alpha value is 0.250. The minimum absolute atomic E-state index is 0.0833. The molecule has 0 heterocycles. The molecule has 9 heavy (non-hydrogen) atoms. The van der Waals surface area contributed by atoms with E-state index in [0.717, 1.165) is 23.7 Å². The molecule has 0 aromatic rings. The summed E-state index contributed by atoms with van der Waals surface area (Å²) < 4.78 is 0. The van der Waals surface area contributed by atoms with Crippen LogP contribution in [-0.2, 0) is 0 Å². The zero-order valence-electron chi connectivity index (χ0n) is 4.79. The third-order valence-corrected chi connectivity index (χ3v) is 4.87. The van der Waals surface area contributed by atoms with Gasteiger partial charge in [0.2, 0.25) is 0 Å². The van der Waals surface area contributed by atoms with Gasteiger partial charge in [0.25, 0.3) is 0 Å². The van der Waals surface area contributed by atoms with Crippen LogP contribution in [0.1, 0.15) is 0 Å². The molecular weight excluding hydrogens is 136 g/mol. The van der Waals surface area contributed by atoms with Gasteiger partial charge < -0.3 is 5.11 Å². The van der Waals surface area contributed by atoms with Gasteiger partial charge in [-0.2, -0.15) is 0 Å². The molecule has 5 saturated carbocycles. The van der Waals surface area contributed by atoms with Crippen molar-refractivity contribution in [2.75, 3.05) is 0 Å². The molecule has 0 radical (unpaired) electrons. The lowest BCUT2D eigenvalue weighted by molar-refractivity contribution is 0.158. The van der Waals surface area contributed by atoms with Crippen LogP contribution in [0.15, 0.2) is 0 Å². The number of aliphatic hydroxyl groups excluding tert-OH is 1. The lowest BCUT2D eigenvalue weighted by Gasteiger charge is -2.06. The summed E-state index contributed by atoms with van der Waals surface area (Å²) in [7, 11) is 0. The number of hydrogen-bond donors (Lipinski definition) is 1. The van der Waals surface area contributed by atoms with E-state index < -0.39 is 0 Å². The van der Waals surface area contributed by atoms with Crippen LogP contribution in [0, 0.1) is 29.6 Å². The molecule has 0 aromatic heterocycles. The van der Waals surface area contributed by atoms with Crippen molar-refractivity contribution in [3.63, 3.8) is 0 Å². The van der Waals surface area contributed by atoms with Gasteiger partial charge in [-0.15, -0.1) is 11.6 Å². The lowest BCUT2D eigenvalue weighted by atomic mass is 10.0. The number of aliphatic hydroxyl groups is 1. The molecule has 48 valence electrons. The Balaban J connectivity index is 2.04. The maximum Gasteiger partial charge on any atom is 0.0776 e. The second kappa shape index (κ2) is 0.737. The van der Waals surface area contributed by atoms with Crippen LogP contribution >= 0.6 is 11.6 Å². The quantitative estimate of drug-likeness (QED) is 0.488. The highest BCUT2D eigenvalue weighted by atomic mass is 35.5. The molecule has 0 saturated heterocycles. The first-order valence-electron chi connectivity index (χ1n) is 3.65. The summed E-state index contributed by atoms with van der Waals surface area (Å²) in [6, 6.07) is 0. The fraction of sp³-hybridized carbons (Fsp3) is 1.00. The molecule has 5 unspecified atom stereocenters. The molecular formula is C7H7ClO. The number of halogens is 1. The molecule has 0 amide bonds. The van der Waals surface area contributed by atoms with Crippen LogP contribution in [0.5, 0.6) is 0 Å². The minimum atomic E-state index is -0.121. The Labute approximate surface area is 58.0 Å². The van der Waals surface area contributed by atoms with Crippen molar-refractivity contribution in [3.05, 3.63) is 0 Å². The maximum absolute atomic E-state index is 9.50. The SMILES string of the molecule is OC1C2C3C2C2C3C12Cl. The van der Waals surface area contributed by atoms with Crippen molar-refractivity contribution in [2.24, 2.45) is 29.6 Å². The van der Waals surface area contributed by atoms with Crippen molar-refractivity contribution in [1.29, 1.82) is 0 Å². The molecule has 1 nitrogen and oxygen atoms in total. The Morgan fingerprint density at radius 2 is 1.67 bits per heavy atom. The number of rotatable bonds is 0. The molecule has 0 spiro atoms. The van der Waals surface area contributed by atoms with Gasteiger partial charge in [-0.25, -0.2) is 0 Å². The highest BCUT2D eigenvalue weighted by molar-refractivity contribution is 6.28. The summed E-state index contributed by atoms with van der Waals surface area (Å²) in [5.74, 6) is 3.91. The fourth-order valence-electron chi connectivity index (χ4n) is 3.81. The molecule has 1 N–H and O–H groups in total. The summed E-state index contributed by atoms with van der Waals surface area (Å²) in [6.45, 7) is 0. The average Bonchev–Trinajstić information content (AvgIpc) is 2.38. The molecule has 2 heteroatoms. The zero-order valence-corrected chi connectivity index (χ0v) is 5.55. The standard InChI is InChI=1S/C7H7ClO/c8-7-4-1-2(5(4)7)3(1)6(7)9/h1-6,9H. The molecule has 2 bridgehead atoms. The van der Waals surface area contributed by atoms with E-state index in [9.17, 15) is 5.11 Å². The largest absolute Gasteiger partial charge is 0.391 e. The van der Waals surface area contributed by atoms with E-state index in [-0.39, 0.29) is 11.0 Å². The molecule has 5 atom stereocenters. The Kier molecular flexibility index (Phi) is 0.344. The van der Waals surface area contributed by atoms with Crippen molar-refractivity contribution < 1.29 is 5.11 Å². The summed E-state index contributed by atoms with van der Waals surface area (Å²) in [5.41, 5.74) is 0. The van der Waals surface area contributed by atoms with E-state index in [4.69, 9.17) is 11.6 Å². The second-order valence-corrected chi connectivity index (χ2v) is 4.71. The van der Waals surface area contributed by atoms with Crippen LogP contribution < -0.4 is 0 Å².